The Labute approximate surface area is 252 Å². The Hall–Kier alpha value is -4.82. The summed E-state index contributed by atoms with van der Waals surface area (Å²) in [7, 11) is 3.36. The number of carbonyl (C=O) groups is 1. The highest BCUT2D eigenvalue weighted by molar-refractivity contribution is 7.16. The van der Waals surface area contributed by atoms with Gasteiger partial charge in [0, 0.05) is 49.2 Å². The summed E-state index contributed by atoms with van der Waals surface area (Å²) < 4.78 is 20.5. The van der Waals surface area contributed by atoms with Crippen molar-refractivity contribution in [2.75, 3.05) is 37.0 Å². The molecule has 0 amide bonds. The maximum Gasteiger partial charge on any atom is 0.308 e. The molecule has 1 saturated heterocycles. The van der Waals surface area contributed by atoms with Gasteiger partial charge in [0.2, 0.25) is 0 Å². The van der Waals surface area contributed by atoms with Crippen LogP contribution in [-0.2, 0) is 16.0 Å². The molecule has 218 valence electrons. The van der Waals surface area contributed by atoms with E-state index in [1.807, 2.05) is 46.9 Å². The standard InChI is InChI=1S/C32H30FN7O2S/c1-4-25-30(38(2)32-37-29(26(17-34)43-32)20-5-9-24(33)10-6-20)40-19-23(8-12-28(40)36-25)22-7-11-27(35-18-22)39-15-13-21(14-16-39)31(41)42-3/h5-12,18-19,21H,4,13-16H2,1-3H3. The number of aryl methyl sites for hydroxylation is 1. The van der Waals surface area contributed by atoms with E-state index in [0.717, 1.165) is 60.0 Å². The maximum atomic E-state index is 13.5. The van der Waals surface area contributed by atoms with Gasteiger partial charge in [-0.1, -0.05) is 18.3 Å². The van der Waals surface area contributed by atoms with Crippen molar-refractivity contribution in [2.45, 2.75) is 26.2 Å². The number of fused-ring (bicyclic) bond motifs is 1. The fraction of sp³-hybridized carbons (Fsp3) is 0.281. The Morgan fingerprint density at radius 2 is 1.81 bits per heavy atom. The minimum absolute atomic E-state index is 0.0480. The number of piperidine rings is 1. The number of aromatic nitrogens is 4. The van der Waals surface area contributed by atoms with E-state index in [9.17, 15) is 14.4 Å². The van der Waals surface area contributed by atoms with Gasteiger partial charge in [-0.05, 0) is 67.8 Å². The molecule has 1 fully saturated rings. The predicted molar refractivity (Wildman–Crippen MR) is 165 cm³/mol. The number of halogens is 1. The Bertz CT molecular complexity index is 1820. The van der Waals surface area contributed by atoms with Crippen LogP contribution >= 0.6 is 11.3 Å². The topological polar surface area (TPSA) is 99.7 Å². The number of benzene rings is 1. The molecule has 1 aliphatic heterocycles. The summed E-state index contributed by atoms with van der Waals surface area (Å²) in [5.74, 6) is 1.23. The summed E-state index contributed by atoms with van der Waals surface area (Å²) in [5, 5.41) is 10.5. The van der Waals surface area contributed by atoms with Gasteiger partial charge in [-0.2, -0.15) is 5.26 Å². The van der Waals surface area contributed by atoms with E-state index in [1.54, 1.807) is 12.1 Å². The molecule has 5 heterocycles. The lowest BCUT2D eigenvalue weighted by atomic mass is 9.97. The second-order valence-electron chi connectivity index (χ2n) is 10.4. The number of hydrogen-bond donors (Lipinski definition) is 0. The van der Waals surface area contributed by atoms with Gasteiger partial charge in [-0.25, -0.2) is 19.3 Å². The maximum absolute atomic E-state index is 13.5. The van der Waals surface area contributed by atoms with Crippen LogP contribution in [-0.4, -0.2) is 52.6 Å². The molecule has 5 aromatic rings. The molecule has 1 aromatic carbocycles. The second-order valence-corrected chi connectivity index (χ2v) is 11.4. The van der Waals surface area contributed by atoms with E-state index >= 15 is 0 Å². The van der Waals surface area contributed by atoms with E-state index in [1.165, 1.54) is 30.6 Å². The van der Waals surface area contributed by atoms with Crippen LogP contribution in [0.4, 0.5) is 21.2 Å². The van der Waals surface area contributed by atoms with Gasteiger partial charge >= 0.3 is 5.97 Å². The SMILES string of the molecule is CCc1nc2ccc(-c3ccc(N4CCC(C(=O)OC)CC4)nc3)cn2c1N(C)c1nc(-c2ccc(F)cc2)c(C#N)s1. The van der Waals surface area contributed by atoms with Crippen molar-refractivity contribution in [2.24, 2.45) is 5.92 Å². The largest absolute Gasteiger partial charge is 0.469 e. The summed E-state index contributed by atoms with van der Waals surface area (Å²) in [5.41, 5.74) is 4.87. The number of rotatable bonds is 7. The van der Waals surface area contributed by atoms with Gasteiger partial charge in [-0.3, -0.25) is 9.20 Å². The van der Waals surface area contributed by atoms with Crippen LogP contribution in [0.5, 0.6) is 0 Å². The molecular weight excluding hydrogens is 565 g/mol. The van der Waals surface area contributed by atoms with E-state index in [0.29, 0.717) is 27.7 Å². The van der Waals surface area contributed by atoms with Gasteiger partial charge < -0.3 is 14.5 Å². The first-order valence-electron chi connectivity index (χ1n) is 14.1. The normalized spacial score (nSPS) is 13.7. The molecule has 43 heavy (non-hydrogen) atoms. The number of imidazole rings is 1. The van der Waals surface area contributed by atoms with E-state index in [4.69, 9.17) is 19.7 Å². The van der Waals surface area contributed by atoms with Crippen molar-refractivity contribution in [3.8, 4) is 28.5 Å². The molecule has 0 bridgehead atoms. The van der Waals surface area contributed by atoms with Crippen LogP contribution in [0.25, 0.3) is 28.0 Å². The summed E-state index contributed by atoms with van der Waals surface area (Å²) in [6.07, 6.45) is 6.14. The average Bonchev–Trinajstić information content (AvgIpc) is 3.66. The van der Waals surface area contributed by atoms with Gasteiger partial charge in [0.1, 0.15) is 39.7 Å². The third kappa shape index (κ3) is 5.42. The zero-order chi connectivity index (χ0) is 30.1. The number of hydrogen-bond acceptors (Lipinski definition) is 9. The molecule has 0 unspecified atom stereocenters. The number of methoxy groups -OCH3 is 1. The lowest BCUT2D eigenvalue weighted by molar-refractivity contribution is -0.146. The van der Waals surface area contributed by atoms with Crippen LogP contribution in [0.1, 0.15) is 30.3 Å². The van der Waals surface area contributed by atoms with Crippen LogP contribution in [0, 0.1) is 23.1 Å². The highest BCUT2D eigenvalue weighted by atomic mass is 32.1. The molecule has 0 N–H and O–H groups in total. The Morgan fingerprint density at radius 1 is 1.09 bits per heavy atom. The van der Waals surface area contributed by atoms with Gasteiger partial charge in [0.15, 0.2) is 5.13 Å². The number of carbonyl (C=O) groups excluding carboxylic acids is 1. The van der Waals surface area contributed by atoms with Crippen molar-refractivity contribution >= 4 is 39.7 Å². The minimum Gasteiger partial charge on any atom is -0.469 e. The number of anilines is 3. The monoisotopic (exact) mass is 595 g/mol. The highest BCUT2D eigenvalue weighted by Gasteiger charge is 2.26. The van der Waals surface area contributed by atoms with Gasteiger partial charge in [0.05, 0.1) is 18.7 Å². The first-order chi connectivity index (χ1) is 20.9. The molecule has 0 aliphatic carbocycles. The molecular formula is C32H30FN7O2S. The Morgan fingerprint density at radius 3 is 2.47 bits per heavy atom. The van der Waals surface area contributed by atoms with Crippen LogP contribution in [0.15, 0.2) is 60.9 Å². The average molecular weight is 596 g/mol. The summed E-state index contributed by atoms with van der Waals surface area (Å²) in [4.78, 5) is 30.9. The fourth-order valence-corrected chi connectivity index (χ4v) is 6.37. The molecule has 11 heteroatoms. The van der Waals surface area contributed by atoms with Gasteiger partial charge in [-0.15, -0.1) is 0 Å². The smallest absolute Gasteiger partial charge is 0.308 e. The van der Waals surface area contributed by atoms with Crippen molar-refractivity contribution in [1.29, 1.82) is 5.26 Å². The van der Waals surface area contributed by atoms with Gasteiger partial charge in [0.25, 0.3) is 0 Å². The Balaban J connectivity index is 1.29. The molecule has 9 nitrogen and oxygen atoms in total. The van der Waals surface area contributed by atoms with Crippen LogP contribution < -0.4 is 9.80 Å². The number of esters is 1. The van der Waals surface area contributed by atoms with Crippen LogP contribution in [0.3, 0.4) is 0 Å². The first-order valence-corrected chi connectivity index (χ1v) is 14.9. The molecule has 6 rings (SSSR count). The van der Waals surface area contributed by atoms with E-state index in [-0.39, 0.29) is 17.7 Å². The third-order valence-electron chi connectivity index (χ3n) is 7.87. The molecule has 0 atom stereocenters. The zero-order valence-electron chi connectivity index (χ0n) is 24.1. The predicted octanol–water partition coefficient (Wildman–Crippen LogP) is 6.25. The molecule has 0 radical (unpaired) electrons. The van der Waals surface area contributed by atoms with Crippen LogP contribution in [0.2, 0.25) is 0 Å². The summed E-state index contributed by atoms with van der Waals surface area (Å²) >= 11 is 1.29. The van der Waals surface area contributed by atoms with E-state index < -0.39 is 0 Å². The zero-order valence-corrected chi connectivity index (χ0v) is 24.9. The number of pyridine rings is 2. The van der Waals surface area contributed by atoms with Crippen molar-refractivity contribution in [3.63, 3.8) is 0 Å². The first kappa shape index (κ1) is 28.3. The minimum atomic E-state index is -0.339. The third-order valence-corrected chi connectivity index (χ3v) is 8.91. The molecule has 1 aliphatic rings. The second kappa shape index (κ2) is 11.8. The lowest BCUT2D eigenvalue weighted by Gasteiger charge is -2.31. The summed E-state index contributed by atoms with van der Waals surface area (Å²) in [6.45, 7) is 3.58. The number of ether oxygens (including phenoxy) is 1. The molecule has 0 saturated carbocycles. The van der Waals surface area contributed by atoms with Crippen molar-refractivity contribution in [1.82, 2.24) is 19.4 Å². The molecule has 0 spiro atoms. The highest BCUT2D eigenvalue weighted by Crippen LogP contribution is 2.37. The fourth-order valence-electron chi connectivity index (χ4n) is 5.52. The van der Waals surface area contributed by atoms with Crippen molar-refractivity contribution in [3.05, 3.63) is 77.3 Å². The quantitative estimate of drug-likeness (QED) is 0.204. The lowest BCUT2D eigenvalue weighted by Crippen LogP contribution is -2.37. The number of thiazole rings is 1. The number of nitrogens with zero attached hydrogens (tertiary/aromatic N) is 7. The number of nitriles is 1. The van der Waals surface area contributed by atoms with E-state index in [2.05, 4.69) is 24.0 Å². The Kier molecular flexibility index (Phi) is 7.78. The van der Waals surface area contributed by atoms with Crippen molar-refractivity contribution < 1.29 is 13.9 Å². The summed E-state index contributed by atoms with van der Waals surface area (Å²) in [6, 6.07) is 16.4. The molecule has 4 aromatic heterocycles.